The number of anilines is 1. The van der Waals surface area contributed by atoms with Crippen molar-refractivity contribution in [2.24, 2.45) is 11.3 Å². The molecule has 0 bridgehead atoms. The molecule has 2 saturated heterocycles. The van der Waals surface area contributed by atoms with Crippen LogP contribution < -0.4 is 10.2 Å². The Balaban J connectivity index is 1.27. The van der Waals surface area contributed by atoms with Crippen LogP contribution in [0.5, 0.6) is 0 Å². The summed E-state index contributed by atoms with van der Waals surface area (Å²) in [4.78, 5) is 27.0. The summed E-state index contributed by atoms with van der Waals surface area (Å²) in [6.45, 7) is 12.7. The first-order valence-corrected chi connectivity index (χ1v) is 11.4. The van der Waals surface area contributed by atoms with Gasteiger partial charge in [-0.1, -0.05) is 13.8 Å². The van der Waals surface area contributed by atoms with Crippen LogP contribution in [0, 0.1) is 11.3 Å². The van der Waals surface area contributed by atoms with Crippen LogP contribution in [0.2, 0.25) is 0 Å². The second-order valence-electron chi connectivity index (χ2n) is 10.4. The van der Waals surface area contributed by atoms with Crippen LogP contribution in [0.4, 0.5) is 23.9 Å². The summed E-state index contributed by atoms with van der Waals surface area (Å²) in [5.74, 6) is 0.936. The number of nitrogens with zero attached hydrogens (tertiary/aromatic N) is 5. The highest BCUT2D eigenvalue weighted by atomic mass is 19.4. The van der Waals surface area contributed by atoms with E-state index in [1.165, 1.54) is 0 Å². The van der Waals surface area contributed by atoms with E-state index in [1.807, 2.05) is 23.6 Å². The van der Waals surface area contributed by atoms with Crippen molar-refractivity contribution in [2.45, 2.75) is 64.8 Å². The van der Waals surface area contributed by atoms with E-state index < -0.39 is 11.7 Å². The first kappa shape index (κ1) is 23.1. The van der Waals surface area contributed by atoms with Gasteiger partial charge in [-0.05, 0) is 38.0 Å². The SMILES string of the molecule is CC(C)CN1CC2(CC(NC(=O)N3[C@H](C)CN(c4ncc(C(F)(F)F)cn4)C[C@@H]3C)C2)C1. The molecule has 3 heterocycles. The Morgan fingerprint density at radius 2 is 1.72 bits per heavy atom. The normalized spacial score (nSPS) is 26.2. The molecule has 1 aliphatic carbocycles. The Morgan fingerprint density at radius 3 is 2.22 bits per heavy atom. The summed E-state index contributed by atoms with van der Waals surface area (Å²) >= 11 is 0. The summed E-state index contributed by atoms with van der Waals surface area (Å²) in [6.07, 6.45) is -0.759. The molecule has 7 nitrogen and oxygen atoms in total. The highest BCUT2D eigenvalue weighted by molar-refractivity contribution is 5.76. The van der Waals surface area contributed by atoms with E-state index in [4.69, 9.17) is 0 Å². The van der Waals surface area contributed by atoms with Crippen LogP contribution in [0.15, 0.2) is 12.4 Å². The second kappa shape index (κ2) is 8.35. The number of piperazine rings is 1. The molecule has 1 N–H and O–H groups in total. The van der Waals surface area contributed by atoms with Gasteiger partial charge < -0.3 is 20.0 Å². The molecule has 32 heavy (non-hydrogen) atoms. The fourth-order valence-corrected chi connectivity index (χ4v) is 5.66. The van der Waals surface area contributed by atoms with Crippen molar-refractivity contribution in [3.8, 4) is 0 Å². The van der Waals surface area contributed by atoms with Crippen LogP contribution in [-0.4, -0.2) is 76.6 Å². The van der Waals surface area contributed by atoms with Crippen LogP contribution >= 0.6 is 0 Å². The largest absolute Gasteiger partial charge is 0.419 e. The second-order valence-corrected chi connectivity index (χ2v) is 10.4. The molecule has 2 aliphatic heterocycles. The molecule has 2 amide bonds. The number of alkyl halides is 3. The monoisotopic (exact) mass is 454 g/mol. The third-order valence-electron chi connectivity index (χ3n) is 6.83. The van der Waals surface area contributed by atoms with Gasteiger partial charge in [0, 0.05) is 63.2 Å². The first-order valence-electron chi connectivity index (χ1n) is 11.4. The van der Waals surface area contributed by atoms with Crippen molar-refractivity contribution >= 4 is 12.0 Å². The molecule has 3 aliphatic rings. The van der Waals surface area contributed by atoms with Gasteiger partial charge in [-0.15, -0.1) is 0 Å². The van der Waals surface area contributed by atoms with Crippen molar-refractivity contribution in [1.82, 2.24) is 25.1 Å². The predicted octanol–water partition coefficient (Wildman–Crippen LogP) is 3.22. The zero-order chi connectivity index (χ0) is 23.3. The molecule has 0 unspecified atom stereocenters. The summed E-state index contributed by atoms with van der Waals surface area (Å²) in [7, 11) is 0. The van der Waals surface area contributed by atoms with E-state index in [0.717, 1.165) is 44.9 Å². The van der Waals surface area contributed by atoms with Gasteiger partial charge in [-0.3, -0.25) is 0 Å². The van der Waals surface area contributed by atoms with Crippen molar-refractivity contribution in [3.63, 3.8) is 0 Å². The molecule has 2 atom stereocenters. The quantitative estimate of drug-likeness (QED) is 0.757. The number of aromatic nitrogens is 2. The average molecular weight is 455 g/mol. The minimum atomic E-state index is -4.46. The summed E-state index contributed by atoms with van der Waals surface area (Å²) in [6, 6.07) is -0.0524. The molecule has 3 fully saturated rings. The minimum Gasteiger partial charge on any atom is -0.337 e. The molecule has 10 heteroatoms. The molecule has 1 aromatic heterocycles. The Morgan fingerprint density at radius 1 is 1.16 bits per heavy atom. The van der Waals surface area contributed by atoms with Gasteiger partial charge in [-0.25, -0.2) is 14.8 Å². The average Bonchev–Trinajstić information content (AvgIpc) is 2.63. The van der Waals surface area contributed by atoms with E-state index in [9.17, 15) is 18.0 Å². The first-order chi connectivity index (χ1) is 15.0. The zero-order valence-electron chi connectivity index (χ0n) is 19.2. The number of rotatable bonds is 4. The minimum absolute atomic E-state index is 0.0591. The van der Waals surface area contributed by atoms with Crippen molar-refractivity contribution < 1.29 is 18.0 Å². The third-order valence-corrected chi connectivity index (χ3v) is 6.83. The number of urea groups is 1. The Bertz CT molecular complexity index is 804. The van der Waals surface area contributed by atoms with Crippen LogP contribution in [-0.2, 0) is 6.18 Å². The third kappa shape index (κ3) is 4.65. The fraction of sp³-hybridized carbons (Fsp3) is 0.773. The van der Waals surface area contributed by atoms with E-state index in [-0.39, 0.29) is 30.1 Å². The zero-order valence-corrected chi connectivity index (χ0v) is 19.2. The summed E-state index contributed by atoms with van der Waals surface area (Å²) < 4.78 is 38.3. The molecule has 0 radical (unpaired) electrons. The maximum absolute atomic E-state index is 13.0. The standard InChI is InChI=1S/C22H33F3N6O/c1-14(2)9-29-12-21(13-29)5-18(6-21)28-20(32)31-15(3)10-30(11-16(31)4)19-26-7-17(8-27-19)22(23,24)25/h7-8,14-16,18H,5-6,9-13H2,1-4H3,(H,28,32)/t15-,16+. The molecular formula is C22H33F3N6O. The van der Waals surface area contributed by atoms with Gasteiger partial charge in [0.15, 0.2) is 0 Å². The number of carbonyl (C=O) groups excluding carboxylic acids is 1. The Hall–Kier alpha value is -2.10. The molecule has 1 saturated carbocycles. The molecule has 0 aromatic carbocycles. The van der Waals surface area contributed by atoms with Gasteiger partial charge >= 0.3 is 12.2 Å². The van der Waals surface area contributed by atoms with Gasteiger partial charge in [0.2, 0.25) is 5.95 Å². The van der Waals surface area contributed by atoms with E-state index >= 15 is 0 Å². The van der Waals surface area contributed by atoms with Crippen LogP contribution in [0.1, 0.15) is 46.1 Å². The lowest BCUT2D eigenvalue weighted by atomic mass is 9.60. The smallest absolute Gasteiger partial charge is 0.337 e. The number of halogens is 3. The van der Waals surface area contributed by atoms with E-state index in [1.54, 1.807) is 0 Å². The van der Waals surface area contributed by atoms with Crippen LogP contribution in [0.25, 0.3) is 0 Å². The fourth-order valence-electron chi connectivity index (χ4n) is 5.66. The summed E-state index contributed by atoms with van der Waals surface area (Å²) in [5.41, 5.74) is -0.472. The van der Waals surface area contributed by atoms with Crippen LogP contribution in [0.3, 0.4) is 0 Å². The maximum atomic E-state index is 13.0. The van der Waals surface area contributed by atoms with Gasteiger partial charge in [0.1, 0.15) is 0 Å². The number of hydrogen-bond donors (Lipinski definition) is 1. The molecule has 178 valence electrons. The number of nitrogens with one attached hydrogen (secondary N) is 1. The molecular weight excluding hydrogens is 421 g/mol. The van der Waals surface area contributed by atoms with Crippen molar-refractivity contribution in [1.29, 1.82) is 0 Å². The predicted molar refractivity (Wildman–Crippen MR) is 115 cm³/mol. The lowest BCUT2D eigenvalue weighted by Gasteiger charge is -2.60. The van der Waals surface area contributed by atoms with E-state index in [0.29, 0.717) is 24.4 Å². The van der Waals surface area contributed by atoms with Gasteiger partial charge in [-0.2, -0.15) is 13.2 Å². The molecule has 4 rings (SSSR count). The highest BCUT2D eigenvalue weighted by Crippen LogP contribution is 2.48. The Labute approximate surface area is 187 Å². The lowest BCUT2D eigenvalue weighted by Crippen LogP contribution is -2.68. The summed E-state index contributed by atoms with van der Waals surface area (Å²) in [5, 5.41) is 3.20. The van der Waals surface area contributed by atoms with Gasteiger partial charge in [0.05, 0.1) is 5.56 Å². The number of hydrogen-bond acceptors (Lipinski definition) is 5. The maximum Gasteiger partial charge on any atom is 0.419 e. The number of amides is 2. The Kier molecular flexibility index (Phi) is 6.02. The lowest BCUT2D eigenvalue weighted by molar-refractivity contribution is -0.138. The van der Waals surface area contributed by atoms with Crippen molar-refractivity contribution in [3.05, 3.63) is 18.0 Å². The topological polar surface area (TPSA) is 64.6 Å². The molecule has 1 aromatic rings. The molecule has 1 spiro atoms. The highest BCUT2D eigenvalue weighted by Gasteiger charge is 2.52. The van der Waals surface area contributed by atoms with E-state index in [2.05, 4.69) is 34.0 Å². The van der Waals surface area contributed by atoms with Crippen molar-refractivity contribution in [2.75, 3.05) is 37.6 Å². The number of carbonyl (C=O) groups is 1. The number of likely N-dealkylation sites (tertiary alicyclic amines) is 1. The van der Waals surface area contributed by atoms with Gasteiger partial charge in [0.25, 0.3) is 0 Å².